The molecule has 5 heterocycles. The highest BCUT2D eigenvalue weighted by Crippen LogP contribution is 2.33. The molecule has 0 atom stereocenters. The number of nitrogens with zero attached hydrogens (tertiary/aromatic N) is 7. The van der Waals surface area contributed by atoms with E-state index in [-0.39, 0.29) is 0 Å². The summed E-state index contributed by atoms with van der Waals surface area (Å²) in [5.74, 6) is 2.37. The van der Waals surface area contributed by atoms with Crippen molar-refractivity contribution >= 4 is 11.5 Å². The summed E-state index contributed by atoms with van der Waals surface area (Å²) in [6, 6.07) is 5.91. The average Bonchev–Trinajstić information content (AvgIpc) is 3.37. The second-order valence-electron chi connectivity index (χ2n) is 8.08. The van der Waals surface area contributed by atoms with Crippen molar-refractivity contribution in [2.75, 3.05) is 18.6 Å². The van der Waals surface area contributed by atoms with Gasteiger partial charge in [0.25, 0.3) is 0 Å². The molecule has 8 nitrogen and oxygen atoms in total. The quantitative estimate of drug-likeness (QED) is 0.512. The molecule has 0 unspecified atom stereocenters. The van der Waals surface area contributed by atoms with E-state index in [2.05, 4.69) is 19.5 Å². The van der Waals surface area contributed by atoms with Crippen molar-refractivity contribution in [2.24, 2.45) is 5.92 Å². The number of hydrogen-bond donors (Lipinski definition) is 0. The number of methoxy groups -OCH3 is 1. The fourth-order valence-corrected chi connectivity index (χ4v) is 4.29. The van der Waals surface area contributed by atoms with Crippen molar-refractivity contribution in [1.29, 1.82) is 0 Å². The number of hydrogen-bond acceptors (Lipinski definition) is 6. The van der Waals surface area contributed by atoms with E-state index < -0.39 is 0 Å². The summed E-state index contributed by atoms with van der Waals surface area (Å²) in [4.78, 5) is 16.3. The summed E-state index contributed by atoms with van der Waals surface area (Å²) in [6.07, 6.45) is 11.2. The van der Waals surface area contributed by atoms with Gasteiger partial charge in [-0.15, -0.1) is 0 Å². The zero-order valence-electron chi connectivity index (χ0n) is 16.9. The molecule has 0 bridgehead atoms. The Balaban J connectivity index is 1.33. The molecule has 1 fully saturated rings. The van der Waals surface area contributed by atoms with Crippen LogP contribution in [0.2, 0.25) is 0 Å². The topological polar surface area (TPSA) is 73.4 Å². The summed E-state index contributed by atoms with van der Waals surface area (Å²) in [5, 5.41) is 4.47. The Morgan fingerprint density at radius 3 is 2.97 bits per heavy atom. The lowest BCUT2D eigenvalue weighted by atomic mass is 10.1. The predicted octanol–water partition coefficient (Wildman–Crippen LogP) is 2.97. The first-order valence-corrected chi connectivity index (χ1v) is 10.4. The summed E-state index contributed by atoms with van der Waals surface area (Å²) in [7, 11) is 1.63. The van der Waals surface area contributed by atoms with Gasteiger partial charge < -0.3 is 14.2 Å². The normalized spacial score (nSPS) is 16.1. The van der Waals surface area contributed by atoms with Crippen molar-refractivity contribution in [3.05, 3.63) is 54.5 Å². The van der Waals surface area contributed by atoms with E-state index >= 15 is 0 Å². The molecule has 1 aliphatic carbocycles. The molecule has 4 aromatic heterocycles. The maximum Gasteiger partial charge on any atom is 0.221 e. The zero-order valence-corrected chi connectivity index (χ0v) is 16.9. The number of pyridine rings is 1. The minimum atomic E-state index is 0.573. The molecule has 2 aliphatic rings. The van der Waals surface area contributed by atoms with Crippen LogP contribution in [0.15, 0.2) is 43.1 Å². The van der Waals surface area contributed by atoms with Crippen LogP contribution in [0.5, 0.6) is 5.88 Å². The number of imidazole rings is 1. The summed E-state index contributed by atoms with van der Waals surface area (Å²) >= 11 is 0. The number of ether oxygens (including phenoxy) is 1. The second-order valence-corrected chi connectivity index (χ2v) is 8.08. The fourth-order valence-electron chi connectivity index (χ4n) is 4.29. The van der Waals surface area contributed by atoms with E-state index in [1.165, 1.54) is 24.2 Å². The van der Waals surface area contributed by atoms with Crippen molar-refractivity contribution in [3.63, 3.8) is 0 Å². The maximum atomic E-state index is 5.44. The van der Waals surface area contributed by atoms with E-state index in [4.69, 9.17) is 14.7 Å². The smallest absolute Gasteiger partial charge is 0.221 e. The van der Waals surface area contributed by atoms with Crippen molar-refractivity contribution in [3.8, 4) is 17.0 Å². The van der Waals surface area contributed by atoms with Crippen LogP contribution in [0.25, 0.3) is 16.8 Å². The molecule has 0 aromatic carbocycles. The Labute approximate surface area is 174 Å². The zero-order chi connectivity index (χ0) is 20.1. The van der Waals surface area contributed by atoms with Crippen LogP contribution in [0, 0.1) is 5.92 Å². The highest BCUT2D eigenvalue weighted by molar-refractivity contribution is 5.80. The highest BCUT2D eigenvalue weighted by Gasteiger charge is 2.27. The predicted molar refractivity (Wildman–Crippen MR) is 112 cm³/mol. The lowest BCUT2D eigenvalue weighted by Crippen LogP contribution is -2.32. The molecule has 0 spiro atoms. The van der Waals surface area contributed by atoms with E-state index in [9.17, 15) is 0 Å². The van der Waals surface area contributed by atoms with E-state index in [0.29, 0.717) is 5.88 Å². The molecule has 8 heteroatoms. The Morgan fingerprint density at radius 1 is 1.17 bits per heavy atom. The molecule has 1 aliphatic heterocycles. The largest absolute Gasteiger partial charge is 0.481 e. The van der Waals surface area contributed by atoms with Crippen LogP contribution in [0.3, 0.4) is 0 Å². The molecule has 1 saturated carbocycles. The van der Waals surface area contributed by atoms with Gasteiger partial charge in [0.05, 0.1) is 37.4 Å². The fraction of sp³-hybridized carbons (Fsp3) is 0.364. The van der Waals surface area contributed by atoms with Crippen molar-refractivity contribution in [1.82, 2.24) is 29.1 Å². The number of rotatable bonds is 5. The van der Waals surface area contributed by atoms with Gasteiger partial charge >= 0.3 is 0 Å². The molecule has 0 amide bonds. The Bertz CT molecular complexity index is 1220. The molecule has 4 aromatic rings. The van der Waals surface area contributed by atoms with E-state index in [1.807, 2.05) is 36.9 Å². The Hall–Kier alpha value is -3.42. The first-order chi connectivity index (χ1) is 14.8. The van der Waals surface area contributed by atoms with Crippen LogP contribution in [0.4, 0.5) is 5.82 Å². The van der Waals surface area contributed by atoms with Gasteiger partial charge in [0.15, 0.2) is 5.65 Å². The molecule has 30 heavy (non-hydrogen) atoms. The molecule has 0 N–H and O–H groups in total. The standard InChI is InChI=1S/C22H23N7O/c1-30-22-16(3-2-8-23-22)17-11-25-29-10-7-20(26-21(17)29)27-9-6-19-18(13-27)24-14-28(19)12-15-4-5-15/h2-3,7-8,10-11,14-15H,4-6,9,12-13H2,1H3. The van der Waals surface area contributed by atoms with Gasteiger partial charge in [0, 0.05) is 43.2 Å². The van der Waals surface area contributed by atoms with Gasteiger partial charge in [0.2, 0.25) is 5.88 Å². The monoisotopic (exact) mass is 401 g/mol. The summed E-state index contributed by atoms with van der Waals surface area (Å²) in [5.41, 5.74) is 5.16. The minimum Gasteiger partial charge on any atom is -0.481 e. The van der Waals surface area contributed by atoms with E-state index in [0.717, 1.165) is 54.6 Å². The SMILES string of the molecule is COc1ncccc1-c1cnn2ccc(N3CCc4c(ncn4CC4CC4)C3)nc12. The van der Waals surface area contributed by atoms with Crippen LogP contribution < -0.4 is 9.64 Å². The summed E-state index contributed by atoms with van der Waals surface area (Å²) in [6.45, 7) is 2.85. The van der Waals surface area contributed by atoms with E-state index in [1.54, 1.807) is 17.8 Å². The Morgan fingerprint density at radius 2 is 2.10 bits per heavy atom. The molecular weight excluding hydrogens is 378 g/mol. The van der Waals surface area contributed by atoms with Gasteiger partial charge in [-0.25, -0.2) is 19.5 Å². The molecular formula is C22H23N7O. The molecule has 6 rings (SSSR count). The van der Waals surface area contributed by atoms with Crippen LogP contribution in [0.1, 0.15) is 24.2 Å². The lowest BCUT2D eigenvalue weighted by Gasteiger charge is -2.28. The van der Waals surface area contributed by atoms with Gasteiger partial charge in [-0.3, -0.25) is 0 Å². The Kier molecular flexibility index (Phi) is 3.97. The first-order valence-electron chi connectivity index (χ1n) is 10.4. The van der Waals surface area contributed by atoms with Gasteiger partial charge in [-0.1, -0.05) is 0 Å². The van der Waals surface area contributed by atoms with Crippen molar-refractivity contribution in [2.45, 2.75) is 32.4 Å². The summed E-state index contributed by atoms with van der Waals surface area (Å²) < 4.78 is 9.60. The van der Waals surface area contributed by atoms with Crippen LogP contribution in [-0.4, -0.2) is 42.8 Å². The van der Waals surface area contributed by atoms with Gasteiger partial charge in [0.1, 0.15) is 5.82 Å². The van der Waals surface area contributed by atoms with Gasteiger partial charge in [-0.05, 0) is 37.0 Å². The highest BCUT2D eigenvalue weighted by atomic mass is 16.5. The lowest BCUT2D eigenvalue weighted by molar-refractivity contribution is 0.400. The van der Waals surface area contributed by atoms with Crippen molar-refractivity contribution < 1.29 is 4.74 Å². The second kappa shape index (κ2) is 6.83. The molecule has 152 valence electrons. The van der Waals surface area contributed by atoms with Crippen LogP contribution in [-0.2, 0) is 19.5 Å². The number of fused-ring (bicyclic) bond motifs is 2. The minimum absolute atomic E-state index is 0.573. The molecule has 0 radical (unpaired) electrons. The van der Waals surface area contributed by atoms with Crippen LogP contribution >= 0.6 is 0 Å². The number of anilines is 1. The third-order valence-corrected chi connectivity index (χ3v) is 6.08. The maximum absolute atomic E-state index is 5.44. The third-order valence-electron chi connectivity index (χ3n) is 6.08. The first kappa shape index (κ1) is 17.4. The van der Waals surface area contributed by atoms with Gasteiger partial charge in [-0.2, -0.15) is 5.10 Å². The average molecular weight is 401 g/mol. The number of aromatic nitrogens is 6. The molecule has 0 saturated heterocycles. The third kappa shape index (κ3) is 2.91.